The number of hydrogen-bond acceptors (Lipinski definition) is 1. The van der Waals surface area contributed by atoms with Gasteiger partial charge < -0.3 is 0 Å². The molecule has 2 rings (SSSR count). The third-order valence-electron chi connectivity index (χ3n) is 4.04. The van der Waals surface area contributed by atoms with Crippen LogP contribution in [0.4, 0.5) is 0 Å². The Labute approximate surface area is 137 Å². The molecule has 118 valence electrons. The average Bonchev–Trinajstić information content (AvgIpc) is 2.52. The summed E-state index contributed by atoms with van der Waals surface area (Å²) in [6.07, 6.45) is 1.22. The third-order valence-corrected chi connectivity index (χ3v) is 6.53. The highest BCUT2D eigenvalue weighted by Crippen LogP contribution is 2.33. The van der Waals surface area contributed by atoms with Crippen LogP contribution in [0, 0.1) is 0 Å². The zero-order valence-electron chi connectivity index (χ0n) is 14.2. The second-order valence-corrected chi connectivity index (χ2v) is 8.58. The maximum absolute atomic E-state index is 2.60. The van der Waals surface area contributed by atoms with Gasteiger partial charge in [-0.2, -0.15) is 0 Å². The second kappa shape index (κ2) is 8.46. The summed E-state index contributed by atoms with van der Waals surface area (Å²) in [5.41, 5.74) is 0. The van der Waals surface area contributed by atoms with E-state index < -0.39 is 0 Å². The van der Waals surface area contributed by atoms with Crippen molar-refractivity contribution in [3.8, 4) is 0 Å². The SMILES string of the molecule is CC(C)N(CCP(c1ccccc1)c1ccccc1)C(C)C. The third kappa shape index (κ3) is 4.66. The van der Waals surface area contributed by atoms with Crippen LogP contribution in [0.5, 0.6) is 0 Å². The highest BCUT2D eigenvalue weighted by molar-refractivity contribution is 7.73. The molecule has 0 aromatic heterocycles. The van der Waals surface area contributed by atoms with Crippen molar-refractivity contribution < 1.29 is 0 Å². The van der Waals surface area contributed by atoms with E-state index in [0.717, 1.165) is 6.54 Å². The first-order chi connectivity index (χ1) is 10.6. The van der Waals surface area contributed by atoms with Crippen LogP contribution in [0.2, 0.25) is 0 Å². The molecule has 0 radical (unpaired) electrons. The van der Waals surface area contributed by atoms with E-state index in [9.17, 15) is 0 Å². The zero-order chi connectivity index (χ0) is 15.9. The molecule has 2 heteroatoms. The Balaban J connectivity index is 2.19. The maximum atomic E-state index is 2.60. The molecule has 0 atom stereocenters. The Hall–Kier alpha value is -1.17. The summed E-state index contributed by atoms with van der Waals surface area (Å²) in [5.74, 6) is 0. The molecule has 0 aliphatic rings. The molecule has 0 saturated carbocycles. The van der Waals surface area contributed by atoms with Crippen LogP contribution in [-0.2, 0) is 0 Å². The molecule has 0 fully saturated rings. The van der Waals surface area contributed by atoms with Crippen LogP contribution in [0.1, 0.15) is 27.7 Å². The van der Waals surface area contributed by atoms with Gasteiger partial charge >= 0.3 is 0 Å². The first-order valence-corrected chi connectivity index (χ1v) is 9.75. The predicted molar refractivity (Wildman–Crippen MR) is 101 cm³/mol. The number of nitrogens with zero attached hydrogens (tertiary/aromatic N) is 1. The van der Waals surface area contributed by atoms with Crippen molar-refractivity contribution in [1.82, 2.24) is 4.90 Å². The summed E-state index contributed by atoms with van der Waals surface area (Å²) < 4.78 is 0. The minimum atomic E-state index is -0.275. The zero-order valence-corrected chi connectivity index (χ0v) is 15.1. The first-order valence-electron chi connectivity index (χ1n) is 8.23. The summed E-state index contributed by atoms with van der Waals surface area (Å²) >= 11 is 0. The topological polar surface area (TPSA) is 3.24 Å². The molecule has 2 aromatic rings. The normalized spacial score (nSPS) is 11.8. The summed E-state index contributed by atoms with van der Waals surface area (Å²) in [7, 11) is -0.275. The lowest BCUT2D eigenvalue weighted by Crippen LogP contribution is -2.39. The van der Waals surface area contributed by atoms with E-state index in [0.29, 0.717) is 12.1 Å². The van der Waals surface area contributed by atoms with Crippen molar-refractivity contribution in [2.24, 2.45) is 0 Å². The van der Waals surface area contributed by atoms with Gasteiger partial charge in [0.05, 0.1) is 0 Å². The molecule has 0 spiro atoms. The predicted octanol–water partition coefficient (Wildman–Crippen LogP) is 4.24. The Kier molecular flexibility index (Phi) is 6.61. The lowest BCUT2D eigenvalue weighted by molar-refractivity contribution is 0.187. The molecule has 0 unspecified atom stereocenters. The molecule has 0 aliphatic heterocycles. The Morgan fingerprint density at radius 3 is 1.50 bits per heavy atom. The fraction of sp³-hybridized carbons (Fsp3) is 0.400. The number of benzene rings is 2. The van der Waals surface area contributed by atoms with E-state index in [1.165, 1.54) is 16.8 Å². The largest absolute Gasteiger partial charge is 0.298 e. The van der Waals surface area contributed by atoms with Gasteiger partial charge in [0.25, 0.3) is 0 Å². The fourth-order valence-corrected chi connectivity index (χ4v) is 5.26. The quantitative estimate of drug-likeness (QED) is 0.691. The van der Waals surface area contributed by atoms with Gasteiger partial charge in [0.1, 0.15) is 0 Å². The van der Waals surface area contributed by atoms with E-state index in [-0.39, 0.29) is 7.92 Å². The average molecular weight is 313 g/mol. The summed E-state index contributed by atoms with van der Waals surface area (Å²) in [6.45, 7) is 10.4. The van der Waals surface area contributed by atoms with Crippen LogP contribution < -0.4 is 10.6 Å². The molecule has 0 bridgehead atoms. The number of hydrogen-bond donors (Lipinski definition) is 0. The highest BCUT2D eigenvalue weighted by Gasteiger charge is 2.18. The van der Waals surface area contributed by atoms with Gasteiger partial charge in [0.2, 0.25) is 0 Å². The van der Waals surface area contributed by atoms with Gasteiger partial charge in [0.15, 0.2) is 0 Å². The van der Waals surface area contributed by atoms with Crippen LogP contribution in [-0.4, -0.2) is 29.7 Å². The number of rotatable bonds is 7. The van der Waals surface area contributed by atoms with Crippen molar-refractivity contribution >= 4 is 18.5 Å². The molecular formula is C20H28NP. The van der Waals surface area contributed by atoms with Gasteiger partial charge in [0, 0.05) is 18.6 Å². The minimum absolute atomic E-state index is 0.275. The monoisotopic (exact) mass is 313 g/mol. The molecule has 0 saturated heterocycles. The standard InChI is InChI=1S/C20H28NP/c1-17(2)21(18(3)4)15-16-22(19-11-7-5-8-12-19)20-13-9-6-10-14-20/h5-14,17-18H,15-16H2,1-4H3. The molecule has 0 heterocycles. The van der Waals surface area contributed by atoms with Crippen LogP contribution in [0.3, 0.4) is 0 Å². The molecule has 22 heavy (non-hydrogen) atoms. The fourth-order valence-electron chi connectivity index (χ4n) is 2.95. The van der Waals surface area contributed by atoms with Crippen LogP contribution in [0.25, 0.3) is 0 Å². The Morgan fingerprint density at radius 1 is 0.727 bits per heavy atom. The van der Waals surface area contributed by atoms with Crippen molar-refractivity contribution in [1.29, 1.82) is 0 Å². The van der Waals surface area contributed by atoms with Gasteiger partial charge in [-0.15, -0.1) is 0 Å². The van der Waals surface area contributed by atoms with Crippen molar-refractivity contribution in [3.63, 3.8) is 0 Å². The van der Waals surface area contributed by atoms with Crippen molar-refractivity contribution in [3.05, 3.63) is 60.7 Å². The Bertz CT molecular complexity index is 489. The first kappa shape index (κ1) is 17.2. The molecule has 1 nitrogen and oxygen atoms in total. The van der Waals surface area contributed by atoms with Gasteiger partial charge in [-0.1, -0.05) is 60.7 Å². The highest BCUT2D eigenvalue weighted by atomic mass is 31.1. The lowest BCUT2D eigenvalue weighted by Gasteiger charge is -2.32. The van der Waals surface area contributed by atoms with E-state index in [4.69, 9.17) is 0 Å². The minimum Gasteiger partial charge on any atom is -0.298 e. The maximum Gasteiger partial charge on any atom is 0.00414 e. The molecule has 0 amide bonds. The molecular weight excluding hydrogens is 285 g/mol. The van der Waals surface area contributed by atoms with Crippen LogP contribution in [0.15, 0.2) is 60.7 Å². The van der Waals surface area contributed by atoms with Crippen LogP contribution >= 0.6 is 7.92 Å². The molecule has 0 aliphatic carbocycles. The Morgan fingerprint density at radius 2 is 1.14 bits per heavy atom. The smallest absolute Gasteiger partial charge is 0.00414 e. The summed E-state index contributed by atoms with van der Waals surface area (Å²) in [5, 5.41) is 2.97. The lowest BCUT2D eigenvalue weighted by atomic mass is 10.2. The van der Waals surface area contributed by atoms with Crippen molar-refractivity contribution in [2.45, 2.75) is 39.8 Å². The van der Waals surface area contributed by atoms with E-state index in [2.05, 4.69) is 93.3 Å². The van der Waals surface area contributed by atoms with Gasteiger partial charge in [-0.25, -0.2) is 0 Å². The summed E-state index contributed by atoms with van der Waals surface area (Å²) in [6, 6.07) is 23.2. The molecule has 2 aromatic carbocycles. The molecule has 0 N–H and O–H groups in total. The summed E-state index contributed by atoms with van der Waals surface area (Å²) in [4.78, 5) is 2.60. The van der Waals surface area contributed by atoms with Gasteiger partial charge in [-0.05, 0) is 52.4 Å². The van der Waals surface area contributed by atoms with E-state index in [1.54, 1.807) is 0 Å². The van der Waals surface area contributed by atoms with Crippen molar-refractivity contribution in [2.75, 3.05) is 12.7 Å². The van der Waals surface area contributed by atoms with Gasteiger partial charge in [-0.3, -0.25) is 4.90 Å². The second-order valence-electron chi connectivity index (χ2n) is 6.25. The van der Waals surface area contributed by atoms with E-state index >= 15 is 0 Å². The van der Waals surface area contributed by atoms with E-state index in [1.807, 2.05) is 0 Å².